The third kappa shape index (κ3) is 5.37. The van der Waals surface area contributed by atoms with Gasteiger partial charge in [0.05, 0.1) is 14.2 Å². The number of ether oxygens (including phenoxy) is 2. The molecule has 0 aliphatic rings. The largest absolute Gasteiger partial charge is 0.493 e. The standard InChI is InChI=1S/C18H17Cl2NO4/c1-24-16-5-3-11(7-17(16)25-2)15(22)4-6-18(23)21-14-9-12(19)8-13(20)10-14/h3,5,7-10H,4,6H2,1-2H3,(H,21,23). The molecule has 0 unspecified atom stereocenters. The number of methoxy groups -OCH3 is 2. The lowest BCUT2D eigenvalue weighted by Gasteiger charge is -2.09. The van der Waals surface area contributed by atoms with E-state index in [1.807, 2.05) is 0 Å². The zero-order chi connectivity index (χ0) is 18.4. The third-order valence-electron chi connectivity index (χ3n) is 3.43. The van der Waals surface area contributed by atoms with Crippen molar-refractivity contribution in [1.82, 2.24) is 0 Å². The normalized spacial score (nSPS) is 10.2. The second kappa shape index (κ2) is 8.74. The quantitative estimate of drug-likeness (QED) is 0.711. The summed E-state index contributed by atoms with van der Waals surface area (Å²) in [5, 5.41) is 3.51. The summed E-state index contributed by atoms with van der Waals surface area (Å²) in [4.78, 5) is 24.3. The molecule has 1 N–H and O–H groups in total. The predicted molar refractivity (Wildman–Crippen MR) is 98.2 cm³/mol. The molecule has 0 saturated carbocycles. The van der Waals surface area contributed by atoms with Crippen molar-refractivity contribution in [2.45, 2.75) is 12.8 Å². The van der Waals surface area contributed by atoms with Crippen LogP contribution in [0.4, 0.5) is 5.69 Å². The van der Waals surface area contributed by atoms with Crippen molar-refractivity contribution >= 4 is 40.6 Å². The Bertz CT molecular complexity index is 772. The summed E-state index contributed by atoms with van der Waals surface area (Å²) in [6, 6.07) is 9.62. The number of nitrogens with one attached hydrogen (secondary N) is 1. The number of rotatable bonds is 7. The van der Waals surface area contributed by atoms with Gasteiger partial charge in [-0.3, -0.25) is 9.59 Å². The summed E-state index contributed by atoms with van der Waals surface area (Å²) in [6.45, 7) is 0. The molecular formula is C18H17Cl2NO4. The number of carbonyl (C=O) groups is 2. The molecule has 7 heteroatoms. The van der Waals surface area contributed by atoms with Gasteiger partial charge in [-0.2, -0.15) is 0 Å². The van der Waals surface area contributed by atoms with Gasteiger partial charge in [0, 0.05) is 34.1 Å². The van der Waals surface area contributed by atoms with Gasteiger partial charge in [-0.1, -0.05) is 23.2 Å². The maximum absolute atomic E-state index is 12.3. The number of Topliss-reactive ketones (excluding diaryl/α,β-unsaturated/α-hetero) is 1. The zero-order valence-corrected chi connectivity index (χ0v) is 15.3. The Morgan fingerprint density at radius 2 is 1.56 bits per heavy atom. The van der Waals surface area contributed by atoms with Crippen molar-refractivity contribution in [3.63, 3.8) is 0 Å². The van der Waals surface area contributed by atoms with E-state index in [1.165, 1.54) is 14.2 Å². The van der Waals surface area contributed by atoms with Crippen molar-refractivity contribution in [2.24, 2.45) is 0 Å². The van der Waals surface area contributed by atoms with E-state index >= 15 is 0 Å². The Morgan fingerprint density at radius 3 is 2.16 bits per heavy atom. The van der Waals surface area contributed by atoms with E-state index in [0.717, 1.165) is 0 Å². The topological polar surface area (TPSA) is 64.6 Å². The van der Waals surface area contributed by atoms with Gasteiger partial charge in [-0.15, -0.1) is 0 Å². The van der Waals surface area contributed by atoms with Crippen molar-refractivity contribution in [3.05, 3.63) is 52.0 Å². The van der Waals surface area contributed by atoms with E-state index in [4.69, 9.17) is 32.7 Å². The Kier molecular flexibility index (Phi) is 6.67. The highest BCUT2D eigenvalue weighted by molar-refractivity contribution is 6.35. The van der Waals surface area contributed by atoms with Crippen LogP contribution in [-0.4, -0.2) is 25.9 Å². The number of halogens is 2. The maximum Gasteiger partial charge on any atom is 0.224 e. The van der Waals surface area contributed by atoms with Gasteiger partial charge in [-0.25, -0.2) is 0 Å². The smallest absolute Gasteiger partial charge is 0.224 e. The van der Waals surface area contributed by atoms with E-state index in [2.05, 4.69) is 5.32 Å². The van der Waals surface area contributed by atoms with Gasteiger partial charge in [-0.05, 0) is 36.4 Å². The summed E-state index contributed by atoms with van der Waals surface area (Å²) >= 11 is 11.8. The second-order valence-corrected chi connectivity index (χ2v) is 6.07. The van der Waals surface area contributed by atoms with Crippen molar-refractivity contribution in [3.8, 4) is 11.5 Å². The van der Waals surface area contributed by atoms with Crippen LogP contribution in [0.25, 0.3) is 0 Å². The maximum atomic E-state index is 12.3. The van der Waals surface area contributed by atoms with Crippen LogP contribution < -0.4 is 14.8 Å². The van der Waals surface area contributed by atoms with Gasteiger partial charge in [0.1, 0.15) is 0 Å². The van der Waals surface area contributed by atoms with Gasteiger partial charge in [0.25, 0.3) is 0 Å². The van der Waals surface area contributed by atoms with E-state index in [0.29, 0.717) is 32.8 Å². The number of hydrogen-bond donors (Lipinski definition) is 1. The highest BCUT2D eigenvalue weighted by Gasteiger charge is 2.13. The number of carbonyl (C=O) groups excluding carboxylic acids is 2. The van der Waals surface area contributed by atoms with E-state index in [9.17, 15) is 9.59 Å². The Morgan fingerprint density at radius 1 is 0.920 bits per heavy atom. The first kappa shape index (κ1) is 19.1. The highest BCUT2D eigenvalue weighted by Crippen LogP contribution is 2.28. The Hall–Kier alpha value is -2.24. The minimum absolute atomic E-state index is 0.0390. The molecule has 2 rings (SSSR count). The number of ketones is 1. The monoisotopic (exact) mass is 381 g/mol. The number of anilines is 1. The third-order valence-corrected chi connectivity index (χ3v) is 3.87. The van der Waals surface area contributed by atoms with E-state index in [1.54, 1.807) is 36.4 Å². The molecule has 0 aromatic heterocycles. The van der Waals surface area contributed by atoms with Crippen LogP contribution in [-0.2, 0) is 4.79 Å². The molecule has 0 aliphatic heterocycles. The van der Waals surface area contributed by atoms with Crippen LogP contribution in [0.2, 0.25) is 10.0 Å². The molecule has 0 spiro atoms. The zero-order valence-electron chi connectivity index (χ0n) is 13.8. The SMILES string of the molecule is COc1ccc(C(=O)CCC(=O)Nc2cc(Cl)cc(Cl)c2)cc1OC. The van der Waals surface area contributed by atoms with Crippen LogP contribution >= 0.6 is 23.2 Å². The average Bonchev–Trinajstić information content (AvgIpc) is 2.58. The molecule has 1 amide bonds. The van der Waals surface area contributed by atoms with Crippen molar-refractivity contribution in [1.29, 1.82) is 0 Å². The number of amides is 1. The molecule has 132 valence electrons. The summed E-state index contributed by atoms with van der Waals surface area (Å²) in [5.74, 6) is 0.536. The molecule has 0 fully saturated rings. The van der Waals surface area contributed by atoms with Crippen LogP contribution in [0.5, 0.6) is 11.5 Å². The number of hydrogen-bond acceptors (Lipinski definition) is 4. The molecular weight excluding hydrogens is 365 g/mol. The van der Waals surface area contributed by atoms with Gasteiger partial charge in [0.15, 0.2) is 17.3 Å². The van der Waals surface area contributed by atoms with Crippen LogP contribution in [0, 0.1) is 0 Å². The first-order chi connectivity index (χ1) is 11.9. The second-order valence-electron chi connectivity index (χ2n) is 5.20. The molecule has 5 nitrogen and oxygen atoms in total. The first-order valence-electron chi connectivity index (χ1n) is 7.44. The predicted octanol–water partition coefficient (Wildman–Crippen LogP) is 4.61. The average molecular weight is 382 g/mol. The molecule has 2 aromatic rings. The fraction of sp³-hybridized carbons (Fsp3) is 0.222. The summed E-state index contributed by atoms with van der Waals surface area (Å²) < 4.78 is 10.3. The molecule has 0 radical (unpaired) electrons. The fourth-order valence-corrected chi connectivity index (χ4v) is 2.76. The molecule has 0 atom stereocenters. The molecule has 0 saturated heterocycles. The van der Waals surface area contributed by atoms with Gasteiger partial charge in [0.2, 0.25) is 5.91 Å². The summed E-state index contributed by atoms with van der Waals surface area (Å²) in [6.07, 6.45) is 0.104. The fourth-order valence-electron chi connectivity index (χ4n) is 2.23. The molecule has 0 bridgehead atoms. The van der Waals surface area contributed by atoms with Crippen molar-refractivity contribution < 1.29 is 19.1 Å². The number of benzene rings is 2. The highest BCUT2D eigenvalue weighted by atomic mass is 35.5. The lowest BCUT2D eigenvalue weighted by atomic mass is 10.1. The Balaban J connectivity index is 1.96. The summed E-state index contributed by atoms with van der Waals surface area (Å²) in [7, 11) is 3.02. The first-order valence-corrected chi connectivity index (χ1v) is 8.19. The molecule has 25 heavy (non-hydrogen) atoms. The lowest BCUT2D eigenvalue weighted by Crippen LogP contribution is -2.13. The van der Waals surface area contributed by atoms with Crippen molar-refractivity contribution in [2.75, 3.05) is 19.5 Å². The van der Waals surface area contributed by atoms with Crippen LogP contribution in [0.1, 0.15) is 23.2 Å². The molecule has 0 heterocycles. The molecule has 2 aromatic carbocycles. The lowest BCUT2D eigenvalue weighted by molar-refractivity contribution is -0.116. The Labute approximate surface area is 155 Å². The van der Waals surface area contributed by atoms with Crippen LogP contribution in [0.3, 0.4) is 0 Å². The minimum atomic E-state index is -0.299. The van der Waals surface area contributed by atoms with E-state index < -0.39 is 0 Å². The van der Waals surface area contributed by atoms with Gasteiger partial charge < -0.3 is 14.8 Å². The van der Waals surface area contributed by atoms with E-state index in [-0.39, 0.29) is 24.5 Å². The minimum Gasteiger partial charge on any atom is -0.493 e. The van der Waals surface area contributed by atoms with Gasteiger partial charge >= 0.3 is 0 Å². The molecule has 0 aliphatic carbocycles. The summed E-state index contributed by atoms with van der Waals surface area (Å²) in [5.41, 5.74) is 0.942. The van der Waals surface area contributed by atoms with Crippen LogP contribution in [0.15, 0.2) is 36.4 Å².